The van der Waals surface area contributed by atoms with Gasteiger partial charge in [0.2, 0.25) is 0 Å². The maximum Gasteiger partial charge on any atom is 0.264 e. The van der Waals surface area contributed by atoms with Gasteiger partial charge in [-0.1, -0.05) is 6.07 Å². The molecule has 0 amide bonds. The highest BCUT2D eigenvalue weighted by Gasteiger charge is 2.03. The van der Waals surface area contributed by atoms with Gasteiger partial charge in [-0.2, -0.15) is 13.8 Å². The summed E-state index contributed by atoms with van der Waals surface area (Å²) in [7, 11) is 0. The van der Waals surface area contributed by atoms with E-state index in [0.29, 0.717) is 0 Å². The van der Waals surface area contributed by atoms with E-state index >= 15 is 0 Å². The molecule has 0 bridgehead atoms. The van der Waals surface area contributed by atoms with Crippen LogP contribution in [0.3, 0.4) is 0 Å². The average molecular weight is 230 g/mol. The van der Waals surface area contributed by atoms with Crippen LogP contribution in [-0.2, 0) is 0 Å². The Hall–Kier alpha value is -2.08. The van der Waals surface area contributed by atoms with Crippen LogP contribution in [0.2, 0.25) is 0 Å². The van der Waals surface area contributed by atoms with Gasteiger partial charge < -0.3 is 0 Å². The van der Waals surface area contributed by atoms with Gasteiger partial charge in [0.25, 0.3) is 5.56 Å². The van der Waals surface area contributed by atoms with E-state index in [4.69, 9.17) is 0 Å². The summed E-state index contributed by atoms with van der Waals surface area (Å²) in [5.41, 5.74) is 3.14. The van der Waals surface area contributed by atoms with Crippen molar-refractivity contribution in [3.8, 4) is 11.3 Å². The van der Waals surface area contributed by atoms with Crippen LogP contribution in [0.25, 0.3) is 22.3 Å². The van der Waals surface area contributed by atoms with E-state index in [2.05, 4.69) is 18.9 Å². The van der Waals surface area contributed by atoms with Crippen LogP contribution in [0.4, 0.5) is 0 Å². The molecule has 1 N–H and O–H groups in total. The van der Waals surface area contributed by atoms with Crippen LogP contribution >= 0.6 is 11.7 Å². The number of hydrogen-bond donors (Lipinski definition) is 1. The van der Waals surface area contributed by atoms with Gasteiger partial charge in [0.05, 0.1) is 17.4 Å². The number of fused-ring (bicyclic) bond motifs is 1. The van der Waals surface area contributed by atoms with Crippen molar-refractivity contribution in [3.63, 3.8) is 0 Å². The van der Waals surface area contributed by atoms with Gasteiger partial charge in [-0.25, -0.2) is 5.10 Å². The molecule has 2 aromatic heterocycles. The second-order valence-electron chi connectivity index (χ2n) is 3.27. The van der Waals surface area contributed by atoms with E-state index in [1.165, 1.54) is 17.8 Å². The standard InChI is InChI=1S/C10H6N4OS/c15-10-4-3-7(11-12-10)6-1-2-8-9(5-6)14-16-13-8/h1-5H,(H,12,15). The Morgan fingerprint density at radius 2 is 1.94 bits per heavy atom. The van der Waals surface area contributed by atoms with Gasteiger partial charge in [0.1, 0.15) is 11.0 Å². The largest absolute Gasteiger partial charge is 0.268 e. The molecule has 3 aromatic rings. The number of benzene rings is 1. The minimum atomic E-state index is -0.208. The zero-order valence-electron chi connectivity index (χ0n) is 8.04. The lowest BCUT2D eigenvalue weighted by molar-refractivity contribution is 0.995. The molecule has 3 rings (SSSR count). The highest BCUT2D eigenvalue weighted by Crippen LogP contribution is 2.20. The molecule has 2 heterocycles. The first-order valence-corrected chi connectivity index (χ1v) is 5.34. The third-order valence-electron chi connectivity index (χ3n) is 2.23. The molecule has 6 heteroatoms. The molecule has 0 aliphatic rings. The first-order valence-electron chi connectivity index (χ1n) is 4.61. The van der Waals surface area contributed by atoms with Gasteiger partial charge >= 0.3 is 0 Å². The highest BCUT2D eigenvalue weighted by atomic mass is 32.1. The van der Waals surface area contributed by atoms with Crippen molar-refractivity contribution in [2.75, 3.05) is 0 Å². The number of aromatic nitrogens is 4. The number of rotatable bonds is 1. The van der Waals surface area contributed by atoms with Crippen LogP contribution in [0, 0.1) is 0 Å². The van der Waals surface area contributed by atoms with Crippen molar-refractivity contribution in [1.82, 2.24) is 18.9 Å². The minimum absolute atomic E-state index is 0.208. The molecule has 0 spiro atoms. The lowest BCUT2D eigenvalue weighted by atomic mass is 10.1. The summed E-state index contributed by atoms with van der Waals surface area (Å²) in [5.74, 6) is 0. The van der Waals surface area contributed by atoms with Crippen LogP contribution in [0.1, 0.15) is 0 Å². The first kappa shape index (κ1) is 9.17. The van der Waals surface area contributed by atoms with Crippen molar-refractivity contribution in [2.24, 2.45) is 0 Å². The van der Waals surface area contributed by atoms with Crippen LogP contribution in [0.5, 0.6) is 0 Å². The number of H-pyrrole nitrogens is 1. The molecule has 1 aromatic carbocycles. The molecule has 16 heavy (non-hydrogen) atoms. The normalized spacial score (nSPS) is 10.8. The van der Waals surface area contributed by atoms with Crippen molar-refractivity contribution in [2.45, 2.75) is 0 Å². The maximum atomic E-state index is 10.9. The quantitative estimate of drug-likeness (QED) is 0.686. The molecule has 0 aliphatic heterocycles. The molecule has 0 saturated carbocycles. The van der Waals surface area contributed by atoms with E-state index in [1.54, 1.807) is 6.07 Å². The molecule has 0 unspecified atom stereocenters. The SMILES string of the molecule is O=c1ccc(-c2ccc3nsnc3c2)n[nH]1. The number of nitrogens with zero attached hydrogens (tertiary/aromatic N) is 3. The van der Waals surface area contributed by atoms with Crippen LogP contribution in [-0.4, -0.2) is 18.9 Å². The van der Waals surface area contributed by atoms with Gasteiger partial charge in [-0.05, 0) is 18.2 Å². The van der Waals surface area contributed by atoms with Crippen molar-refractivity contribution < 1.29 is 0 Å². The molecule has 0 saturated heterocycles. The molecule has 0 aliphatic carbocycles. The summed E-state index contributed by atoms with van der Waals surface area (Å²) in [6.45, 7) is 0. The van der Waals surface area contributed by atoms with Crippen molar-refractivity contribution in [1.29, 1.82) is 0 Å². The Morgan fingerprint density at radius 3 is 2.75 bits per heavy atom. The Balaban J connectivity index is 2.17. The molecule has 0 fully saturated rings. The lowest BCUT2D eigenvalue weighted by Crippen LogP contribution is -2.05. The highest BCUT2D eigenvalue weighted by molar-refractivity contribution is 7.00. The summed E-state index contributed by atoms with van der Waals surface area (Å²) in [6, 6.07) is 8.83. The minimum Gasteiger partial charge on any atom is -0.268 e. The summed E-state index contributed by atoms with van der Waals surface area (Å²) >= 11 is 1.18. The predicted octanol–water partition coefficient (Wildman–Crippen LogP) is 1.44. The number of hydrogen-bond acceptors (Lipinski definition) is 5. The van der Waals surface area contributed by atoms with Crippen molar-refractivity contribution >= 4 is 22.8 Å². The summed E-state index contributed by atoms with van der Waals surface area (Å²) in [6.07, 6.45) is 0. The van der Waals surface area contributed by atoms with E-state index in [-0.39, 0.29) is 5.56 Å². The van der Waals surface area contributed by atoms with E-state index in [0.717, 1.165) is 22.3 Å². The van der Waals surface area contributed by atoms with Gasteiger partial charge in [-0.3, -0.25) is 4.79 Å². The van der Waals surface area contributed by atoms with Gasteiger partial charge in [0, 0.05) is 11.6 Å². The molecule has 0 atom stereocenters. The Kier molecular flexibility index (Phi) is 2.00. The Labute approximate surface area is 94.1 Å². The lowest BCUT2D eigenvalue weighted by Gasteiger charge is -1.98. The summed E-state index contributed by atoms with van der Waals surface area (Å²) in [5, 5.41) is 6.36. The Morgan fingerprint density at radius 1 is 1.06 bits per heavy atom. The van der Waals surface area contributed by atoms with Crippen molar-refractivity contribution in [3.05, 3.63) is 40.7 Å². The van der Waals surface area contributed by atoms with Gasteiger partial charge in [0.15, 0.2) is 0 Å². The zero-order chi connectivity index (χ0) is 11.0. The number of nitrogens with one attached hydrogen (secondary N) is 1. The summed E-state index contributed by atoms with van der Waals surface area (Å²) in [4.78, 5) is 10.9. The monoisotopic (exact) mass is 230 g/mol. The van der Waals surface area contributed by atoms with Crippen LogP contribution in [0.15, 0.2) is 35.1 Å². The molecule has 5 nitrogen and oxygen atoms in total. The average Bonchev–Trinajstić information content (AvgIpc) is 2.77. The smallest absolute Gasteiger partial charge is 0.264 e. The second kappa shape index (κ2) is 3.49. The molecule has 78 valence electrons. The molecular weight excluding hydrogens is 224 g/mol. The third kappa shape index (κ3) is 1.49. The molecule has 0 radical (unpaired) electrons. The fourth-order valence-electron chi connectivity index (χ4n) is 1.45. The summed E-state index contributed by atoms with van der Waals surface area (Å²) < 4.78 is 8.27. The maximum absolute atomic E-state index is 10.9. The first-order chi connectivity index (χ1) is 7.83. The fourth-order valence-corrected chi connectivity index (χ4v) is 1.96. The predicted molar refractivity (Wildman–Crippen MR) is 61.3 cm³/mol. The van der Waals surface area contributed by atoms with E-state index < -0.39 is 0 Å². The zero-order valence-corrected chi connectivity index (χ0v) is 8.86. The number of aromatic amines is 1. The topological polar surface area (TPSA) is 71.5 Å². The third-order valence-corrected chi connectivity index (χ3v) is 2.79. The van der Waals surface area contributed by atoms with E-state index in [9.17, 15) is 4.79 Å². The van der Waals surface area contributed by atoms with Gasteiger partial charge in [-0.15, -0.1) is 0 Å². The fraction of sp³-hybridized carbons (Fsp3) is 0. The van der Waals surface area contributed by atoms with Crippen LogP contribution < -0.4 is 5.56 Å². The Bertz CT molecular complexity index is 683. The molecular formula is C10H6N4OS. The second-order valence-corrected chi connectivity index (χ2v) is 3.80. The van der Waals surface area contributed by atoms with E-state index in [1.807, 2.05) is 18.2 Å².